The summed E-state index contributed by atoms with van der Waals surface area (Å²) >= 11 is 0. The number of carbonyl (C=O) groups excluding carboxylic acids is 1. The number of ketones is 1. The van der Waals surface area contributed by atoms with E-state index in [9.17, 15) is 4.79 Å². The fraction of sp³-hybridized carbons (Fsp3) is 0.559. The van der Waals surface area contributed by atoms with Crippen LogP contribution < -0.4 is 33.2 Å². The van der Waals surface area contributed by atoms with Gasteiger partial charge in [0.1, 0.15) is 11.3 Å². The van der Waals surface area contributed by atoms with Gasteiger partial charge in [0.25, 0.3) is 0 Å². The number of allylic oxidation sites excluding steroid dienone is 1. The van der Waals surface area contributed by atoms with E-state index < -0.39 is 0 Å². The molecule has 0 spiro atoms. The van der Waals surface area contributed by atoms with Crippen molar-refractivity contribution < 1.29 is 38.0 Å². The molecule has 2 aromatic rings. The molecule has 2 rings (SSSR count). The number of benzene rings is 2. The zero-order chi connectivity index (χ0) is 31.7. The van der Waals surface area contributed by atoms with Crippen molar-refractivity contribution in [3.8, 4) is 40.2 Å². The lowest BCUT2D eigenvalue weighted by Gasteiger charge is -2.25. The van der Waals surface area contributed by atoms with Gasteiger partial charge in [-0.2, -0.15) is 0 Å². The van der Waals surface area contributed by atoms with Crippen molar-refractivity contribution in [1.82, 2.24) is 0 Å². The predicted molar refractivity (Wildman–Crippen MR) is 167 cm³/mol. The maximum atomic E-state index is 14.2. The zero-order valence-corrected chi connectivity index (χ0v) is 27.6. The van der Waals surface area contributed by atoms with Gasteiger partial charge < -0.3 is 33.2 Å². The highest BCUT2D eigenvalue weighted by Gasteiger charge is 2.29. The highest BCUT2D eigenvalue weighted by atomic mass is 16.5. The van der Waals surface area contributed by atoms with Crippen LogP contribution in [0.3, 0.4) is 0 Å². The number of hydrogen-bond donors (Lipinski definition) is 0. The average molecular weight is 587 g/mol. The molecule has 0 unspecified atom stereocenters. The Bertz CT molecular complexity index is 1170. The summed E-state index contributed by atoms with van der Waals surface area (Å²) in [5.74, 6) is 2.65. The highest BCUT2D eigenvalue weighted by molar-refractivity contribution is 6.12. The van der Waals surface area contributed by atoms with Crippen LogP contribution >= 0.6 is 0 Å². The maximum Gasteiger partial charge on any atom is 0.193 e. The van der Waals surface area contributed by atoms with E-state index in [-0.39, 0.29) is 48.0 Å². The molecule has 8 heteroatoms. The SMILES string of the molecule is COc1cc(OC(C)C)cc(/C=C/C(=O)c2c(OC(C)C)c(OC(C)C)cc(OC(C)C)c2OC(C)C)c1OC(C)C. The van der Waals surface area contributed by atoms with E-state index in [1.165, 1.54) is 6.08 Å². The third-order valence-electron chi connectivity index (χ3n) is 5.26. The van der Waals surface area contributed by atoms with E-state index in [2.05, 4.69) is 0 Å². The first-order valence-corrected chi connectivity index (χ1v) is 14.8. The van der Waals surface area contributed by atoms with Crippen molar-refractivity contribution in [2.24, 2.45) is 0 Å². The van der Waals surface area contributed by atoms with Crippen LogP contribution in [0, 0.1) is 0 Å². The summed E-state index contributed by atoms with van der Waals surface area (Å²) in [6.07, 6.45) is 2.15. The first-order chi connectivity index (χ1) is 19.6. The molecule has 0 saturated carbocycles. The second-order valence-corrected chi connectivity index (χ2v) is 11.6. The van der Waals surface area contributed by atoms with Gasteiger partial charge in [0.05, 0.1) is 43.7 Å². The molecule has 0 atom stereocenters. The van der Waals surface area contributed by atoms with E-state index in [1.54, 1.807) is 25.3 Å². The molecule has 0 bridgehead atoms. The molecular formula is C34H50O8. The van der Waals surface area contributed by atoms with Crippen molar-refractivity contribution in [2.75, 3.05) is 7.11 Å². The van der Waals surface area contributed by atoms with Crippen LogP contribution in [-0.4, -0.2) is 49.5 Å². The summed E-state index contributed by atoms with van der Waals surface area (Å²) in [4.78, 5) is 14.2. The molecule has 2 aromatic carbocycles. The largest absolute Gasteiger partial charge is 0.493 e. The number of carbonyl (C=O) groups is 1. The molecule has 0 aliphatic heterocycles. The lowest BCUT2D eigenvalue weighted by Crippen LogP contribution is -2.18. The molecule has 0 aliphatic carbocycles. The van der Waals surface area contributed by atoms with Crippen molar-refractivity contribution in [2.45, 2.75) is 120 Å². The molecule has 0 aliphatic rings. The van der Waals surface area contributed by atoms with Crippen molar-refractivity contribution in [1.29, 1.82) is 0 Å². The Morgan fingerprint density at radius 1 is 0.548 bits per heavy atom. The van der Waals surface area contributed by atoms with Gasteiger partial charge in [-0.1, -0.05) is 0 Å². The Labute approximate surface area is 252 Å². The third-order valence-corrected chi connectivity index (χ3v) is 5.26. The molecule has 0 radical (unpaired) electrons. The summed E-state index contributed by atoms with van der Waals surface area (Å²) < 4.78 is 42.4. The fourth-order valence-electron chi connectivity index (χ4n) is 4.04. The predicted octanol–water partition coefficient (Wildman–Crippen LogP) is 8.31. The van der Waals surface area contributed by atoms with Crippen LogP contribution in [0.1, 0.15) is 99.0 Å². The quantitative estimate of drug-likeness (QED) is 0.143. The van der Waals surface area contributed by atoms with Gasteiger partial charge in [0.2, 0.25) is 0 Å². The molecular weight excluding hydrogens is 536 g/mol. The maximum absolute atomic E-state index is 14.2. The zero-order valence-electron chi connectivity index (χ0n) is 27.6. The Balaban J connectivity index is 2.85. The number of methoxy groups -OCH3 is 1. The topological polar surface area (TPSA) is 81.7 Å². The Morgan fingerprint density at radius 2 is 0.976 bits per heavy atom. The summed E-state index contributed by atoms with van der Waals surface area (Å²) in [6.45, 7) is 23.0. The molecule has 0 saturated heterocycles. The summed E-state index contributed by atoms with van der Waals surface area (Å²) in [7, 11) is 1.57. The Morgan fingerprint density at radius 3 is 1.38 bits per heavy atom. The van der Waals surface area contributed by atoms with E-state index in [0.717, 1.165) is 0 Å². The number of rotatable bonds is 16. The molecule has 0 heterocycles. The van der Waals surface area contributed by atoms with Crippen molar-refractivity contribution >= 4 is 11.9 Å². The summed E-state index contributed by atoms with van der Waals surface area (Å²) in [5.41, 5.74) is 0.841. The molecule has 0 fully saturated rings. The molecule has 8 nitrogen and oxygen atoms in total. The molecule has 0 N–H and O–H groups in total. The van der Waals surface area contributed by atoms with Crippen molar-refractivity contribution in [3.05, 3.63) is 35.4 Å². The van der Waals surface area contributed by atoms with Gasteiger partial charge in [-0.25, -0.2) is 0 Å². The van der Waals surface area contributed by atoms with Crippen molar-refractivity contribution in [3.63, 3.8) is 0 Å². The van der Waals surface area contributed by atoms with Gasteiger partial charge >= 0.3 is 0 Å². The average Bonchev–Trinajstić information content (AvgIpc) is 2.84. The summed E-state index contributed by atoms with van der Waals surface area (Å²) in [5, 5.41) is 0. The van der Waals surface area contributed by atoms with Gasteiger partial charge in [0.15, 0.2) is 40.3 Å². The molecule has 42 heavy (non-hydrogen) atoms. The van der Waals surface area contributed by atoms with Crippen LogP contribution in [0.25, 0.3) is 6.08 Å². The standard InChI is InChI=1S/C34H50O8/c1-19(2)37-26-16-25(32(40-22(7)8)28(17-26)36-13)14-15-27(35)31-33(41-23(9)10)29(38-20(3)4)18-30(39-21(5)6)34(31)42-24(11)12/h14-24H,1-13H3/b15-14+. The van der Waals surface area contributed by atoms with Crippen LogP contribution in [0.2, 0.25) is 0 Å². The second-order valence-electron chi connectivity index (χ2n) is 11.6. The van der Waals surface area contributed by atoms with E-state index in [0.29, 0.717) is 45.8 Å². The molecule has 0 aromatic heterocycles. The first-order valence-electron chi connectivity index (χ1n) is 14.8. The molecule has 0 amide bonds. The smallest absolute Gasteiger partial charge is 0.193 e. The Kier molecular flexibility index (Phi) is 12.9. The number of ether oxygens (including phenoxy) is 7. The van der Waals surface area contributed by atoms with Crippen LogP contribution in [0.15, 0.2) is 24.3 Å². The lowest BCUT2D eigenvalue weighted by atomic mass is 10.0. The van der Waals surface area contributed by atoms with E-state index >= 15 is 0 Å². The highest BCUT2D eigenvalue weighted by Crippen LogP contribution is 2.47. The second kappa shape index (κ2) is 15.6. The van der Waals surface area contributed by atoms with Gasteiger partial charge in [-0.05, 0) is 101 Å². The first kappa shape index (κ1) is 34.7. The normalized spacial score (nSPS) is 11.8. The van der Waals surface area contributed by atoms with E-state index in [1.807, 2.05) is 89.2 Å². The van der Waals surface area contributed by atoms with Gasteiger partial charge in [-0.3, -0.25) is 4.79 Å². The lowest BCUT2D eigenvalue weighted by molar-refractivity contribution is 0.102. The fourth-order valence-corrected chi connectivity index (χ4v) is 4.04. The van der Waals surface area contributed by atoms with Crippen LogP contribution in [-0.2, 0) is 0 Å². The monoisotopic (exact) mass is 586 g/mol. The minimum atomic E-state index is -0.353. The van der Waals surface area contributed by atoms with Gasteiger partial charge in [-0.15, -0.1) is 0 Å². The number of hydrogen-bond acceptors (Lipinski definition) is 8. The van der Waals surface area contributed by atoms with E-state index in [4.69, 9.17) is 33.2 Å². The summed E-state index contributed by atoms with van der Waals surface area (Å²) in [6, 6.07) is 5.34. The van der Waals surface area contributed by atoms with Crippen LogP contribution in [0.4, 0.5) is 0 Å². The molecule has 234 valence electrons. The minimum absolute atomic E-state index is 0.0559. The Hall–Kier alpha value is -3.55. The van der Waals surface area contributed by atoms with Crippen LogP contribution in [0.5, 0.6) is 40.2 Å². The van der Waals surface area contributed by atoms with Gasteiger partial charge in [0, 0.05) is 17.7 Å². The third kappa shape index (κ3) is 10.1. The minimum Gasteiger partial charge on any atom is -0.493 e.